The lowest BCUT2D eigenvalue weighted by Gasteiger charge is -2.24. The minimum Gasteiger partial charge on any atom is -0.485 e. The van der Waals surface area contributed by atoms with Gasteiger partial charge in [-0.2, -0.15) is 5.10 Å². The molecule has 5 heteroatoms. The monoisotopic (exact) mass is 272 g/mol. The fraction of sp³-hybridized carbons (Fsp3) is 0.333. The third-order valence-corrected chi connectivity index (χ3v) is 3.30. The van der Waals surface area contributed by atoms with Crippen molar-refractivity contribution in [3.63, 3.8) is 0 Å². The van der Waals surface area contributed by atoms with Crippen molar-refractivity contribution in [1.82, 2.24) is 5.43 Å². The minimum absolute atomic E-state index is 0.197. The van der Waals surface area contributed by atoms with E-state index in [1.54, 1.807) is 6.07 Å². The summed E-state index contributed by atoms with van der Waals surface area (Å²) < 4.78 is 11.1. The summed E-state index contributed by atoms with van der Waals surface area (Å²) in [6.07, 6.45) is 3.20. The van der Waals surface area contributed by atoms with Gasteiger partial charge in [0.05, 0.1) is 5.71 Å². The number of nitrogens with zero attached hydrogens (tertiary/aromatic N) is 1. The number of fused-ring (bicyclic) bond motifs is 1. The predicted octanol–water partition coefficient (Wildman–Crippen LogP) is 2.04. The quantitative estimate of drug-likeness (QED) is 0.838. The molecular formula is C15H16N2O3. The van der Waals surface area contributed by atoms with Gasteiger partial charge >= 0.3 is 0 Å². The molecule has 1 amide bonds. The maximum absolute atomic E-state index is 12.0. The van der Waals surface area contributed by atoms with Crippen molar-refractivity contribution in [1.29, 1.82) is 0 Å². The minimum atomic E-state index is -0.666. The molecule has 0 fully saturated rings. The largest absolute Gasteiger partial charge is 0.485 e. The Hall–Kier alpha value is -2.30. The highest BCUT2D eigenvalue weighted by molar-refractivity contribution is 5.98. The summed E-state index contributed by atoms with van der Waals surface area (Å²) in [6, 6.07) is 7.30. The SMILES string of the molecule is CC1=CC(=NNC(=O)C2COc3ccccc3O2)CC1. The Labute approximate surface area is 117 Å². The van der Waals surface area contributed by atoms with E-state index in [1.807, 2.05) is 24.3 Å². The molecular weight excluding hydrogens is 256 g/mol. The molecule has 0 radical (unpaired) electrons. The molecule has 1 aromatic carbocycles. The number of benzene rings is 1. The van der Waals surface area contributed by atoms with Crippen LogP contribution in [0.5, 0.6) is 11.5 Å². The van der Waals surface area contributed by atoms with Gasteiger partial charge in [0.25, 0.3) is 5.91 Å². The first-order valence-corrected chi connectivity index (χ1v) is 6.64. The topological polar surface area (TPSA) is 59.9 Å². The predicted molar refractivity (Wildman–Crippen MR) is 74.9 cm³/mol. The van der Waals surface area contributed by atoms with Crippen molar-refractivity contribution >= 4 is 11.6 Å². The lowest BCUT2D eigenvalue weighted by Crippen LogP contribution is -2.42. The number of amides is 1. The molecule has 1 aliphatic carbocycles. The maximum atomic E-state index is 12.0. The van der Waals surface area contributed by atoms with Crippen LogP contribution >= 0.6 is 0 Å². The Morgan fingerprint density at radius 3 is 2.85 bits per heavy atom. The van der Waals surface area contributed by atoms with Crippen molar-refractivity contribution in [2.75, 3.05) is 6.61 Å². The summed E-state index contributed by atoms with van der Waals surface area (Å²) in [6.45, 7) is 2.25. The van der Waals surface area contributed by atoms with Crippen LogP contribution in [-0.4, -0.2) is 24.3 Å². The van der Waals surface area contributed by atoms with Gasteiger partial charge in [-0.3, -0.25) is 4.79 Å². The zero-order chi connectivity index (χ0) is 13.9. The van der Waals surface area contributed by atoms with Gasteiger partial charge in [0.1, 0.15) is 6.61 Å². The van der Waals surface area contributed by atoms with Crippen molar-refractivity contribution in [3.8, 4) is 11.5 Å². The number of nitrogens with one attached hydrogen (secondary N) is 1. The number of rotatable bonds is 2. The molecule has 0 bridgehead atoms. The van der Waals surface area contributed by atoms with Crippen LogP contribution in [0.3, 0.4) is 0 Å². The second kappa shape index (κ2) is 5.36. The van der Waals surface area contributed by atoms with Crippen molar-refractivity contribution < 1.29 is 14.3 Å². The van der Waals surface area contributed by atoms with Gasteiger partial charge in [-0.1, -0.05) is 17.7 Å². The highest BCUT2D eigenvalue weighted by Gasteiger charge is 2.27. The molecule has 1 unspecified atom stereocenters. The molecule has 104 valence electrons. The highest BCUT2D eigenvalue weighted by atomic mass is 16.6. The van der Waals surface area contributed by atoms with Crippen molar-refractivity contribution in [2.24, 2.45) is 5.10 Å². The first-order chi connectivity index (χ1) is 9.72. The molecule has 1 aromatic rings. The van der Waals surface area contributed by atoms with E-state index in [1.165, 1.54) is 5.57 Å². The highest BCUT2D eigenvalue weighted by Crippen LogP contribution is 2.30. The molecule has 20 heavy (non-hydrogen) atoms. The number of ether oxygens (including phenoxy) is 2. The average Bonchev–Trinajstić information content (AvgIpc) is 2.90. The molecule has 1 atom stereocenters. The molecule has 0 saturated heterocycles. The number of para-hydroxylation sites is 2. The van der Waals surface area contributed by atoms with Gasteiger partial charge < -0.3 is 9.47 Å². The summed E-state index contributed by atoms with van der Waals surface area (Å²) in [5.74, 6) is 0.963. The molecule has 0 aromatic heterocycles. The van der Waals surface area contributed by atoms with Crippen LogP contribution in [0.15, 0.2) is 41.0 Å². The van der Waals surface area contributed by atoms with Crippen LogP contribution in [0.1, 0.15) is 19.8 Å². The number of carbonyl (C=O) groups is 1. The van der Waals surface area contributed by atoms with Crippen LogP contribution in [0.4, 0.5) is 0 Å². The average molecular weight is 272 g/mol. The number of hydrazone groups is 1. The fourth-order valence-electron chi connectivity index (χ4n) is 2.19. The lowest BCUT2D eigenvalue weighted by atomic mass is 10.2. The molecule has 1 heterocycles. The van der Waals surface area contributed by atoms with Crippen LogP contribution in [0.25, 0.3) is 0 Å². The Morgan fingerprint density at radius 1 is 1.30 bits per heavy atom. The molecule has 5 nitrogen and oxygen atoms in total. The number of carbonyl (C=O) groups excluding carboxylic acids is 1. The summed E-state index contributed by atoms with van der Waals surface area (Å²) in [4.78, 5) is 12.0. The Bertz CT molecular complexity index is 593. The van der Waals surface area contributed by atoms with Crippen LogP contribution < -0.4 is 14.9 Å². The van der Waals surface area contributed by atoms with Crippen molar-refractivity contribution in [2.45, 2.75) is 25.9 Å². The first-order valence-electron chi connectivity index (χ1n) is 6.64. The van der Waals surface area contributed by atoms with Gasteiger partial charge in [0, 0.05) is 0 Å². The van der Waals surface area contributed by atoms with E-state index in [9.17, 15) is 4.79 Å². The number of hydrogen-bond donors (Lipinski definition) is 1. The standard InChI is InChI=1S/C15H16N2O3/c1-10-6-7-11(8-10)16-17-15(18)14-9-19-12-4-2-3-5-13(12)20-14/h2-5,8,14H,6-7,9H2,1H3,(H,17,18). The van der Waals surface area contributed by atoms with E-state index >= 15 is 0 Å². The van der Waals surface area contributed by atoms with E-state index in [4.69, 9.17) is 9.47 Å². The van der Waals surface area contributed by atoms with Crippen LogP contribution in [0, 0.1) is 0 Å². The Balaban J connectivity index is 1.62. The molecule has 3 rings (SSSR count). The number of allylic oxidation sites excluding steroid dienone is 2. The first kappa shape index (κ1) is 12.7. The summed E-state index contributed by atoms with van der Waals surface area (Å²) in [7, 11) is 0. The van der Waals surface area contributed by atoms with Gasteiger partial charge in [0.2, 0.25) is 6.10 Å². The van der Waals surface area contributed by atoms with E-state index in [0.29, 0.717) is 11.5 Å². The van der Waals surface area contributed by atoms with E-state index in [-0.39, 0.29) is 12.5 Å². The zero-order valence-corrected chi connectivity index (χ0v) is 11.3. The molecule has 0 saturated carbocycles. The Morgan fingerprint density at radius 2 is 2.10 bits per heavy atom. The second-order valence-corrected chi connectivity index (χ2v) is 4.93. The normalized spacial score (nSPS) is 22.6. The summed E-state index contributed by atoms with van der Waals surface area (Å²) in [5.41, 5.74) is 4.72. The van der Waals surface area contributed by atoms with E-state index in [2.05, 4.69) is 17.5 Å². The fourth-order valence-corrected chi connectivity index (χ4v) is 2.19. The second-order valence-electron chi connectivity index (χ2n) is 4.93. The third kappa shape index (κ3) is 2.66. The molecule has 2 aliphatic rings. The smallest absolute Gasteiger partial charge is 0.284 e. The molecule has 1 N–H and O–H groups in total. The Kier molecular flexibility index (Phi) is 3.41. The van der Waals surface area contributed by atoms with Crippen LogP contribution in [-0.2, 0) is 4.79 Å². The summed E-state index contributed by atoms with van der Waals surface area (Å²) in [5, 5.41) is 4.11. The molecule has 1 aliphatic heterocycles. The van der Waals surface area contributed by atoms with E-state index < -0.39 is 6.10 Å². The van der Waals surface area contributed by atoms with Crippen LogP contribution in [0.2, 0.25) is 0 Å². The van der Waals surface area contributed by atoms with Crippen molar-refractivity contribution in [3.05, 3.63) is 35.9 Å². The van der Waals surface area contributed by atoms with Gasteiger partial charge in [-0.05, 0) is 38.0 Å². The number of hydrogen-bond acceptors (Lipinski definition) is 4. The summed E-state index contributed by atoms with van der Waals surface area (Å²) >= 11 is 0. The zero-order valence-electron chi connectivity index (χ0n) is 11.3. The van der Waals surface area contributed by atoms with Gasteiger partial charge in [-0.15, -0.1) is 0 Å². The lowest BCUT2D eigenvalue weighted by molar-refractivity contribution is -0.130. The van der Waals surface area contributed by atoms with Gasteiger partial charge in [-0.25, -0.2) is 5.43 Å². The third-order valence-electron chi connectivity index (χ3n) is 3.30. The maximum Gasteiger partial charge on any atom is 0.284 e. The van der Waals surface area contributed by atoms with E-state index in [0.717, 1.165) is 18.6 Å². The van der Waals surface area contributed by atoms with Gasteiger partial charge in [0.15, 0.2) is 11.5 Å². The molecule has 0 spiro atoms.